The second-order valence-electron chi connectivity index (χ2n) is 9.52. The summed E-state index contributed by atoms with van der Waals surface area (Å²) in [6, 6.07) is 25.0. The van der Waals surface area contributed by atoms with Crippen molar-refractivity contribution in [2.24, 2.45) is 0 Å². The third-order valence-corrected chi connectivity index (χ3v) is 7.02. The number of benzene rings is 2. The van der Waals surface area contributed by atoms with E-state index in [1.807, 2.05) is 18.2 Å². The molecule has 33 heavy (non-hydrogen) atoms. The van der Waals surface area contributed by atoms with Gasteiger partial charge in [0, 0.05) is 30.2 Å². The molecule has 2 unspecified atom stereocenters. The summed E-state index contributed by atoms with van der Waals surface area (Å²) in [5.41, 5.74) is 11.9. The zero-order valence-electron chi connectivity index (χ0n) is 19.4. The topological polar surface area (TPSA) is 63.4 Å². The summed E-state index contributed by atoms with van der Waals surface area (Å²) in [5.74, 6) is 0.556. The third-order valence-electron chi connectivity index (χ3n) is 7.02. The molecular weight excluding hydrogens is 408 g/mol. The van der Waals surface area contributed by atoms with Gasteiger partial charge in [0.1, 0.15) is 5.82 Å². The molecule has 172 valence electrons. The molecular formula is C28H34N4O. The van der Waals surface area contributed by atoms with Gasteiger partial charge in [-0.25, -0.2) is 4.98 Å². The summed E-state index contributed by atoms with van der Waals surface area (Å²) in [5, 5.41) is 3.83. The zero-order valence-corrected chi connectivity index (χ0v) is 19.4. The number of nitrogen functional groups attached to an aromatic ring is 1. The number of rotatable bonds is 7. The number of fused-ring (bicyclic) bond motifs is 2. The van der Waals surface area contributed by atoms with Crippen molar-refractivity contribution in [2.75, 3.05) is 25.5 Å². The van der Waals surface area contributed by atoms with Crippen LogP contribution in [0, 0.1) is 6.92 Å². The molecule has 1 aromatic heterocycles. The van der Waals surface area contributed by atoms with Gasteiger partial charge in [0.05, 0.1) is 18.9 Å². The Balaban J connectivity index is 1.13. The highest BCUT2D eigenvalue weighted by atomic mass is 16.5. The quantitative estimate of drug-likeness (QED) is 0.574. The highest BCUT2D eigenvalue weighted by molar-refractivity contribution is 5.61. The van der Waals surface area contributed by atoms with Crippen LogP contribution in [0.25, 0.3) is 11.3 Å². The number of aryl methyl sites for hydroxylation is 1. The van der Waals surface area contributed by atoms with Gasteiger partial charge in [0.15, 0.2) is 0 Å². The molecule has 5 nitrogen and oxygen atoms in total. The predicted molar refractivity (Wildman–Crippen MR) is 134 cm³/mol. The Morgan fingerprint density at radius 2 is 1.64 bits per heavy atom. The number of anilines is 1. The number of nitrogens with two attached hydrogens (primary N) is 1. The van der Waals surface area contributed by atoms with Crippen LogP contribution in [0.2, 0.25) is 0 Å². The second-order valence-corrected chi connectivity index (χ2v) is 9.52. The number of morpholine rings is 1. The van der Waals surface area contributed by atoms with Crippen molar-refractivity contribution in [2.45, 2.75) is 50.9 Å². The summed E-state index contributed by atoms with van der Waals surface area (Å²) < 4.78 is 5.92. The van der Waals surface area contributed by atoms with E-state index in [1.165, 1.54) is 16.7 Å². The molecule has 2 aliphatic rings. The van der Waals surface area contributed by atoms with Gasteiger partial charge < -0.3 is 15.8 Å². The van der Waals surface area contributed by atoms with E-state index < -0.39 is 0 Å². The first-order valence-corrected chi connectivity index (χ1v) is 12.1. The standard InChI is InChI=1S/C28H34N4O/c1-20-5-7-22(8-6-20)17-32-25-15-24(16-26(32)19-33-18-25)30-14-13-21-9-11-23(12-10-21)27-3-2-4-28(29)31-27/h2-12,24-26,30H,13-19H2,1H3,(H2,29,31). The molecule has 2 saturated heterocycles. The van der Waals surface area contributed by atoms with Crippen molar-refractivity contribution >= 4 is 5.82 Å². The van der Waals surface area contributed by atoms with Gasteiger partial charge in [0.2, 0.25) is 0 Å². The lowest BCUT2D eigenvalue weighted by Gasteiger charge is -2.48. The molecule has 2 aliphatic heterocycles. The molecule has 0 spiro atoms. The summed E-state index contributed by atoms with van der Waals surface area (Å²) in [6.45, 7) is 5.87. The fourth-order valence-corrected chi connectivity index (χ4v) is 5.19. The SMILES string of the molecule is Cc1ccc(CN2C3COCC2CC(NCCc2ccc(-c4cccc(N)n4)cc2)C3)cc1. The Kier molecular flexibility index (Phi) is 6.72. The summed E-state index contributed by atoms with van der Waals surface area (Å²) in [7, 11) is 0. The molecule has 0 aliphatic carbocycles. The Bertz CT molecular complexity index is 1040. The summed E-state index contributed by atoms with van der Waals surface area (Å²) in [6.07, 6.45) is 3.34. The fourth-order valence-electron chi connectivity index (χ4n) is 5.19. The van der Waals surface area contributed by atoms with Crippen molar-refractivity contribution in [1.29, 1.82) is 0 Å². The van der Waals surface area contributed by atoms with E-state index in [-0.39, 0.29) is 0 Å². The van der Waals surface area contributed by atoms with E-state index in [0.29, 0.717) is 23.9 Å². The van der Waals surface area contributed by atoms with Crippen LogP contribution in [0.15, 0.2) is 66.7 Å². The van der Waals surface area contributed by atoms with Gasteiger partial charge in [-0.1, -0.05) is 60.2 Å². The van der Waals surface area contributed by atoms with Crippen LogP contribution in [0.1, 0.15) is 29.5 Å². The minimum absolute atomic E-state index is 0.501. The van der Waals surface area contributed by atoms with Crippen molar-refractivity contribution in [3.63, 3.8) is 0 Å². The lowest BCUT2D eigenvalue weighted by atomic mass is 9.89. The molecule has 0 radical (unpaired) electrons. The van der Waals surface area contributed by atoms with Crippen molar-refractivity contribution in [3.05, 3.63) is 83.4 Å². The molecule has 2 aromatic carbocycles. The first kappa shape index (κ1) is 22.1. The summed E-state index contributed by atoms with van der Waals surface area (Å²) >= 11 is 0. The van der Waals surface area contributed by atoms with Crippen LogP contribution in [0.5, 0.6) is 0 Å². The predicted octanol–water partition coefficient (Wildman–Crippen LogP) is 4.20. The van der Waals surface area contributed by atoms with E-state index >= 15 is 0 Å². The third kappa shape index (κ3) is 5.44. The molecule has 2 bridgehead atoms. The minimum atomic E-state index is 0.501. The maximum absolute atomic E-state index is 5.92. The van der Waals surface area contributed by atoms with Crippen molar-refractivity contribution < 1.29 is 4.74 Å². The van der Waals surface area contributed by atoms with Crippen molar-refractivity contribution in [3.8, 4) is 11.3 Å². The lowest BCUT2D eigenvalue weighted by molar-refractivity contribution is -0.0851. The minimum Gasteiger partial charge on any atom is -0.384 e. The van der Waals surface area contributed by atoms with Gasteiger partial charge in [-0.15, -0.1) is 0 Å². The van der Waals surface area contributed by atoms with Gasteiger partial charge in [-0.05, 0) is 56.0 Å². The normalized spacial score (nSPS) is 22.9. The maximum atomic E-state index is 5.92. The first-order valence-electron chi connectivity index (χ1n) is 12.1. The molecule has 2 fully saturated rings. The molecule has 5 heteroatoms. The number of nitrogens with zero attached hydrogens (tertiary/aromatic N) is 2. The number of pyridine rings is 1. The van der Waals surface area contributed by atoms with E-state index in [2.05, 4.69) is 70.7 Å². The number of ether oxygens (including phenoxy) is 1. The smallest absolute Gasteiger partial charge is 0.124 e. The van der Waals surface area contributed by atoms with Crippen molar-refractivity contribution in [1.82, 2.24) is 15.2 Å². The van der Waals surface area contributed by atoms with Crippen LogP contribution in [0.4, 0.5) is 5.82 Å². The molecule has 3 N–H and O–H groups in total. The average Bonchev–Trinajstić information content (AvgIpc) is 2.81. The summed E-state index contributed by atoms with van der Waals surface area (Å²) in [4.78, 5) is 7.09. The lowest BCUT2D eigenvalue weighted by Crippen LogP contribution is -2.59. The zero-order chi connectivity index (χ0) is 22.6. The first-order chi connectivity index (χ1) is 16.1. The number of aromatic nitrogens is 1. The molecule has 0 saturated carbocycles. The highest BCUT2D eigenvalue weighted by Gasteiger charge is 2.38. The fraction of sp³-hybridized carbons (Fsp3) is 0.393. The number of hydrogen-bond donors (Lipinski definition) is 2. The van der Waals surface area contributed by atoms with E-state index in [1.54, 1.807) is 0 Å². The Hall–Kier alpha value is -2.73. The van der Waals surface area contributed by atoms with Crippen LogP contribution in [-0.4, -0.2) is 47.8 Å². The molecule has 0 amide bonds. The molecule has 3 heterocycles. The number of piperidine rings is 1. The average molecular weight is 443 g/mol. The van der Waals surface area contributed by atoms with Gasteiger partial charge in [-0.3, -0.25) is 4.90 Å². The second kappa shape index (κ2) is 10.0. The van der Waals surface area contributed by atoms with E-state index in [0.717, 1.165) is 56.8 Å². The van der Waals surface area contributed by atoms with Gasteiger partial charge in [0.25, 0.3) is 0 Å². The van der Waals surface area contributed by atoms with Crippen LogP contribution in [-0.2, 0) is 17.7 Å². The largest absolute Gasteiger partial charge is 0.384 e. The molecule has 5 rings (SSSR count). The van der Waals surface area contributed by atoms with Gasteiger partial charge >= 0.3 is 0 Å². The van der Waals surface area contributed by atoms with E-state index in [4.69, 9.17) is 10.5 Å². The Morgan fingerprint density at radius 3 is 2.33 bits per heavy atom. The monoisotopic (exact) mass is 442 g/mol. The maximum Gasteiger partial charge on any atom is 0.124 e. The molecule has 2 atom stereocenters. The van der Waals surface area contributed by atoms with Crippen LogP contribution < -0.4 is 11.1 Å². The Labute approximate surface area is 197 Å². The van der Waals surface area contributed by atoms with Gasteiger partial charge in [-0.2, -0.15) is 0 Å². The number of hydrogen-bond acceptors (Lipinski definition) is 5. The number of nitrogens with one attached hydrogen (secondary N) is 1. The highest BCUT2D eigenvalue weighted by Crippen LogP contribution is 2.29. The van der Waals surface area contributed by atoms with Crippen LogP contribution >= 0.6 is 0 Å². The van der Waals surface area contributed by atoms with E-state index in [9.17, 15) is 0 Å². The van der Waals surface area contributed by atoms with Crippen LogP contribution in [0.3, 0.4) is 0 Å². The molecule has 3 aromatic rings. The Morgan fingerprint density at radius 1 is 0.939 bits per heavy atom.